The molecule has 1 saturated carbocycles. The van der Waals surface area contributed by atoms with Gasteiger partial charge in [-0.3, -0.25) is 9.59 Å². The van der Waals surface area contributed by atoms with Gasteiger partial charge in [-0.25, -0.2) is 4.90 Å². The molecule has 2 fully saturated rings. The minimum atomic E-state index is -0.342. The molecule has 1 aliphatic carbocycles. The zero-order valence-electron chi connectivity index (χ0n) is 11.0. The van der Waals surface area contributed by atoms with Crippen LogP contribution in [0.15, 0.2) is 30.3 Å². The van der Waals surface area contributed by atoms with Gasteiger partial charge in [-0.15, -0.1) is 0 Å². The number of para-hydroxylation sites is 1. The topological polar surface area (TPSA) is 49.4 Å². The van der Waals surface area contributed by atoms with E-state index in [-0.39, 0.29) is 24.3 Å². The number of nitrogens with zero attached hydrogens (tertiary/aromatic N) is 1. The second-order valence-electron chi connectivity index (χ2n) is 5.60. The number of anilines is 1. The summed E-state index contributed by atoms with van der Waals surface area (Å²) in [6.07, 6.45) is 2.48. The summed E-state index contributed by atoms with van der Waals surface area (Å²) < 4.78 is 0. The Bertz CT molecular complexity index is 494. The molecule has 0 bridgehead atoms. The van der Waals surface area contributed by atoms with Crippen molar-refractivity contribution in [1.29, 1.82) is 0 Å². The molecule has 4 heteroatoms. The summed E-state index contributed by atoms with van der Waals surface area (Å²) in [5, 5.41) is 3.31. The van der Waals surface area contributed by atoms with Gasteiger partial charge in [0.15, 0.2) is 0 Å². The summed E-state index contributed by atoms with van der Waals surface area (Å²) in [6.45, 7) is 2.20. The summed E-state index contributed by atoms with van der Waals surface area (Å²) >= 11 is 0. The largest absolute Gasteiger partial charge is 0.303 e. The van der Waals surface area contributed by atoms with Gasteiger partial charge in [-0.05, 0) is 30.9 Å². The maximum atomic E-state index is 12.3. The lowest BCUT2D eigenvalue weighted by Crippen LogP contribution is -2.48. The Kier molecular flexibility index (Phi) is 3.11. The van der Waals surface area contributed by atoms with Crippen molar-refractivity contribution in [3.05, 3.63) is 30.3 Å². The molecule has 2 aliphatic rings. The summed E-state index contributed by atoms with van der Waals surface area (Å²) in [4.78, 5) is 25.6. The van der Waals surface area contributed by atoms with Gasteiger partial charge in [-0.1, -0.05) is 25.1 Å². The molecule has 3 rings (SSSR count). The molecular weight excluding hydrogens is 240 g/mol. The molecule has 1 saturated heterocycles. The first-order valence-electron chi connectivity index (χ1n) is 6.83. The maximum Gasteiger partial charge on any atom is 0.251 e. The van der Waals surface area contributed by atoms with Crippen LogP contribution in [0.5, 0.6) is 0 Å². The highest BCUT2D eigenvalue weighted by Crippen LogP contribution is 2.29. The standard InChI is InChI=1S/C15H18N2O2/c1-10-7-11(8-10)16-13-9-14(18)17(15(13)19)12-5-3-2-4-6-12/h2-6,10-11,13,16H,7-9H2,1H3. The zero-order valence-corrected chi connectivity index (χ0v) is 11.0. The Morgan fingerprint density at radius 2 is 1.84 bits per heavy atom. The van der Waals surface area contributed by atoms with E-state index in [0.717, 1.165) is 18.8 Å². The van der Waals surface area contributed by atoms with Crippen LogP contribution in [-0.4, -0.2) is 23.9 Å². The van der Waals surface area contributed by atoms with Gasteiger partial charge in [0.05, 0.1) is 18.2 Å². The lowest BCUT2D eigenvalue weighted by molar-refractivity contribution is -0.121. The molecule has 1 heterocycles. The average Bonchev–Trinajstić information content (AvgIpc) is 2.64. The fourth-order valence-electron chi connectivity index (χ4n) is 2.93. The van der Waals surface area contributed by atoms with E-state index >= 15 is 0 Å². The van der Waals surface area contributed by atoms with Crippen LogP contribution in [0, 0.1) is 5.92 Å². The number of amides is 2. The predicted molar refractivity (Wildman–Crippen MR) is 72.7 cm³/mol. The van der Waals surface area contributed by atoms with Crippen molar-refractivity contribution < 1.29 is 9.59 Å². The molecule has 0 aromatic heterocycles. The van der Waals surface area contributed by atoms with Crippen molar-refractivity contribution in [3.63, 3.8) is 0 Å². The SMILES string of the molecule is CC1CC(NC2CC(=O)N(c3ccccc3)C2=O)C1. The highest BCUT2D eigenvalue weighted by molar-refractivity contribution is 6.22. The third-order valence-corrected chi connectivity index (χ3v) is 3.97. The molecule has 1 aromatic carbocycles. The van der Waals surface area contributed by atoms with Crippen LogP contribution in [0.2, 0.25) is 0 Å². The van der Waals surface area contributed by atoms with Gasteiger partial charge in [0.1, 0.15) is 0 Å². The monoisotopic (exact) mass is 258 g/mol. The molecule has 100 valence electrons. The highest BCUT2D eigenvalue weighted by atomic mass is 16.2. The molecule has 19 heavy (non-hydrogen) atoms. The number of nitrogens with one attached hydrogen (secondary N) is 1. The van der Waals surface area contributed by atoms with E-state index in [4.69, 9.17) is 0 Å². The number of hydrogen-bond acceptors (Lipinski definition) is 3. The number of carbonyl (C=O) groups is 2. The van der Waals surface area contributed by atoms with Gasteiger partial charge in [-0.2, -0.15) is 0 Å². The van der Waals surface area contributed by atoms with Crippen LogP contribution in [0.25, 0.3) is 0 Å². The van der Waals surface area contributed by atoms with Gasteiger partial charge in [0, 0.05) is 6.04 Å². The number of imide groups is 1. The number of benzene rings is 1. The quantitative estimate of drug-likeness (QED) is 0.840. The average molecular weight is 258 g/mol. The van der Waals surface area contributed by atoms with Crippen LogP contribution in [-0.2, 0) is 9.59 Å². The predicted octanol–water partition coefficient (Wildman–Crippen LogP) is 1.71. The molecule has 2 amide bonds. The van der Waals surface area contributed by atoms with Crippen molar-refractivity contribution in [2.45, 2.75) is 38.3 Å². The Balaban J connectivity index is 1.71. The van der Waals surface area contributed by atoms with Crippen molar-refractivity contribution in [3.8, 4) is 0 Å². The summed E-state index contributed by atoms with van der Waals surface area (Å²) in [7, 11) is 0. The second kappa shape index (κ2) is 4.78. The summed E-state index contributed by atoms with van der Waals surface area (Å²) in [5.74, 6) is 0.506. The van der Waals surface area contributed by atoms with Crippen molar-refractivity contribution in [1.82, 2.24) is 5.32 Å². The minimum absolute atomic E-state index is 0.110. The second-order valence-corrected chi connectivity index (χ2v) is 5.60. The van der Waals surface area contributed by atoms with E-state index in [1.165, 1.54) is 4.90 Å². The van der Waals surface area contributed by atoms with Crippen LogP contribution in [0.1, 0.15) is 26.2 Å². The Labute approximate surface area is 112 Å². The van der Waals surface area contributed by atoms with Gasteiger partial charge >= 0.3 is 0 Å². The number of rotatable bonds is 3. The maximum absolute atomic E-state index is 12.3. The molecule has 4 nitrogen and oxygen atoms in total. The lowest BCUT2D eigenvalue weighted by atomic mass is 9.81. The molecule has 1 aliphatic heterocycles. The Morgan fingerprint density at radius 3 is 2.47 bits per heavy atom. The van der Waals surface area contributed by atoms with Crippen LogP contribution in [0.3, 0.4) is 0 Å². The van der Waals surface area contributed by atoms with Crippen LogP contribution >= 0.6 is 0 Å². The normalized spacial score (nSPS) is 30.6. The lowest BCUT2D eigenvalue weighted by Gasteiger charge is -2.35. The fourth-order valence-corrected chi connectivity index (χ4v) is 2.93. The van der Waals surface area contributed by atoms with Gasteiger partial charge in [0.2, 0.25) is 5.91 Å². The molecule has 1 aromatic rings. The zero-order chi connectivity index (χ0) is 13.4. The van der Waals surface area contributed by atoms with E-state index in [1.54, 1.807) is 12.1 Å². The van der Waals surface area contributed by atoms with Crippen molar-refractivity contribution in [2.75, 3.05) is 4.90 Å². The summed E-state index contributed by atoms with van der Waals surface area (Å²) in [6, 6.07) is 9.19. The Morgan fingerprint density at radius 1 is 1.16 bits per heavy atom. The first-order valence-corrected chi connectivity index (χ1v) is 6.83. The van der Waals surface area contributed by atoms with E-state index in [2.05, 4.69) is 12.2 Å². The third kappa shape index (κ3) is 2.28. The van der Waals surface area contributed by atoms with Crippen LogP contribution < -0.4 is 10.2 Å². The minimum Gasteiger partial charge on any atom is -0.303 e. The summed E-state index contributed by atoms with van der Waals surface area (Å²) in [5.41, 5.74) is 0.670. The third-order valence-electron chi connectivity index (χ3n) is 3.97. The van der Waals surface area contributed by atoms with Crippen molar-refractivity contribution >= 4 is 17.5 Å². The van der Waals surface area contributed by atoms with Crippen molar-refractivity contribution in [2.24, 2.45) is 5.92 Å². The van der Waals surface area contributed by atoms with E-state index < -0.39 is 0 Å². The van der Waals surface area contributed by atoms with Crippen LogP contribution in [0.4, 0.5) is 5.69 Å². The molecule has 1 unspecified atom stereocenters. The highest BCUT2D eigenvalue weighted by Gasteiger charge is 2.41. The smallest absolute Gasteiger partial charge is 0.251 e. The fraction of sp³-hybridized carbons (Fsp3) is 0.467. The Hall–Kier alpha value is -1.68. The molecular formula is C15H18N2O2. The molecule has 1 N–H and O–H groups in total. The number of hydrogen-bond donors (Lipinski definition) is 1. The van der Waals surface area contributed by atoms with Gasteiger partial charge < -0.3 is 5.32 Å². The molecule has 0 spiro atoms. The van der Waals surface area contributed by atoms with E-state index in [1.807, 2.05) is 18.2 Å². The van der Waals surface area contributed by atoms with Gasteiger partial charge in [0.25, 0.3) is 5.91 Å². The molecule has 0 radical (unpaired) electrons. The first-order chi connectivity index (χ1) is 9.15. The number of carbonyl (C=O) groups excluding carboxylic acids is 2. The van der Waals surface area contributed by atoms with E-state index in [0.29, 0.717) is 11.7 Å². The molecule has 1 atom stereocenters. The van der Waals surface area contributed by atoms with E-state index in [9.17, 15) is 9.59 Å². The first kappa shape index (κ1) is 12.4.